The summed E-state index contributed by atoms with van der Waals surface area (Å²) in [4.78, 5) is 31.0. The summed E-state index contributed by atoms with van der Waals surface area (Å²) in [5, 5.41) is 24.4. The van der Waals surface area contributed by atoms with Gasteiger partial charge in [-0.15, -0.1) is 0 Å². The molecule has 1 unspecified atom stereocenters. The molecule has 4 fully saturated rings. The zero-order chi connectivity index (χ0) is 39.0. The molecule has 2 aromatic rings. The van der Waals surface area contributed by atoms with Crippen molar-refractivity contribution in [2.45, 2.75) is 102 Å². The number of hydrogen-bond acceptors (Lipinski definition) is 7. The van der Waals surface area contributed by atoms with Crippen molar-refractivity contribution >= 4 is 23.3 Å². The molecule has 7 aliphatic rings. The van der Waals surface area contributed by atoms with Gasteiger partial charge in [0.05, 0.1) is 45.0 Å². The lowest BCUT2D eigenvalue weighted by Gasteiger charge is -2.71. The van der Waals surface area contributed by atoms with Crippen LogP contribution in [0.15, 0.2) is 60.2 Å². The fraction of sp³-hybridized carbons (Fsp3) is 0.600. The second kappa shape index (κ2) is 14.0. The molecule has 2 spiro atoms. The number of halogens is 2. The molecule has 6 aliphatic carbocycles. The lowest BCUT2D eigenvalue weighted by Crippen LogP contribution is -2.67. The smallest absolute Gasteiger partial charge is 0.227 e. The average Bonchev–Trinajstić information content (AvgIpc) is 3.77. The number of carbonyl (C=O) groups excluding carboxylic acids is 2. The van der Waals surface area contributed by atoms with Gasteiger partial charge in [0.1, 0.15) is 5.82 Å². The van der Waals surface area contributed by atoms with E-state index in [0.29, 0.717) is 55.9 Å². The van der Waals surface area contributed by atoms with E-state index in [0.717, 1.165) is 37.7 Å². The number of rotatable bonds is 11. The summed E-state index contributed by atoms with van der Waals surface area (Å²) in [5.74, 6) is 0.354. The van der Waals surface area contributed by atoms with Crippen LogP contribution in [0.5, 0.6) is 11.5 Å². The maximum Gasteiger partial charge on any atom is 0.227 e. The molecule has 1 saturated heterocycles. The molecule has 3 saturated carbocycles. The fourth-order valence-corrected chi connectivity index (χ4v) is 12.7. The van der Waals surface area contributed by atoms with Crippen LogP contribution in [0.25, 0.3) is 0 Å². The van der Waals surface area contributed by atoms with Gasteiger partial charge in [-0.05, 0) is 105 Å². The highest BCUT2D eigenvalue weighted by Crippen LogP contribution is 2.78. The van der Waals surface area contributed by atoms with E-state index < -0.39 is 33.8 Å². The molecule has 9 atom stereocenters. The van der Waals surface area contributed by atoms with Crippen LogP contribution >= 0.6 is 11.6 Å². The quantitative estimate of drug-likeness (QED) is 0.229. The lowest BCUT2D eigenvalue weighted by molar-refractivity contribution is -0.181. The van der Waals surface area contributed by atoms with Gasteiger partial charge in [0.2, 0.25) is 5.91 Å². The number of fused-ring (bicyclic) bond motifs is 1. The zero-order valence-corrected chi connectivity index (χ0v) is 33.3. The van der Waals surface area contributed by atoms with Crippen molar-refractivity contribution in [1.29, 1.82) is 0 Å². The van der Waals surface area contributed by atoms with Gasteiger partial charge in [0, 0.05) is 52.0 Å². The van der Waals surface area contributed by atoms with Crippen LogP contribution in [-0.4, -0.2) is 78.5 Å². The first-order valence-electron chi connectivity index (χ1n) is 20.1. The number of hydrogen-bond donors (Lipinski definition) is 2. The van der Waals surface area contributed by atoms with E-state index >= 15 is 4.39 Å². The molecular weight excluding hydrogens is 721 g/mol. The van der Waals surface area contributed by atoms with Crippen molar-refractivity contribution in [1.82, 2.24) is 4.90 Å². The third kappa shape index (κ3) is 5.92. The first kappa shape index (κ1) is 38.6. The van der Waals surface area contributed by atoms with Crippen molar-refractivity contribution in [3.63, 3.8) is 0 Å². The number of methoxy groups -OCH3 is 2. The molecule has 2 aromatic carbocycles. The average molecular weight is 776 g/mol. The van der Waals surface area contributed by atoms with E-state index in [1.807, 2.05) is 17.0 Å². The molecule has 10 heteroatoms. The monoisotopic (exact) mass is 775 g/mol. The maximum atomic E-state index is 15.2. The van der Waals surface area contributed by atoms with Gasteiger partial charge in [0.25, 0.3) is 0 Å². The van der Waals surface area contributed by atoms with Gasteiger partial charge in [0.15, 0.2) is 17.3 Å². The van der Waals surface area contributed by atoms with Gasteiger partial charge in [-0.25, -0.2) is 4.39 Å². The van der Waals surface area contributed by atoms with Crippen LogP contribution in [0.2, 0.25) is 5.02 Å². The van der Waals surface area contributed by atoms with Crippen molar-refractivity contribution in [3.05, 3.63) is 82.2 Å². The number of Topliss-reactive ketones (excluding diaryl/α,β-unsaturated/α-hetero) is 1. The Morgan fingerprint density at radius 1 is 0.964 bits per heavy atom. The predicted molar refractivity (Wildman–Crippen MR) is 207 cm³/mol. The van der Waals surface area contributed by atoms with E-state index in [9.17, 15) is 19.8 Å². The van der Waals surface area contributed by atoms with Crippen LogP contribution in [0.1, 0.15) is 82.8 Å². The van der Waals surface area contributed by atoms with Crippen molar-refractivity contribution in [3.8, 4) is 11.5 Å². The van der Waals surface area contributed by atoms with Gasteiger partial charge < -0.3 is 29.3 Å². The molecule has 9 rings (SSSR count). The number of ketones is 1. The Hall–Kier alpha value is -3.24. The first-order valence-corrected chi connectivity index (χ1v) is 20.5. The molecule has 2 N–H and O–H groups in total. The minimum atomic E-state index is -1.24. The minimum Gasteiger partial charge on any atom is -0.493 e. The van der Waals surface area contributed by atoms with Gasteiger partial charge in [-0.2, -0.15) is 0 Å². The van der Waals surface area contributed by atoms with Crippen molar-refractivity contribution in [2.75, 3.05) is 33.9 Å². The van der Waals surface area contributed by atoms with Gasteiger partial charge in [-0.1, -0.05) is 55.8 Å². The highest BCUT2D eigenvalue weighted by atomic mass is 35.5. The number of benzene rings is 2. The van der Waals surface area contributed by atoms with Crippen molar-refractivity contribution < 1.29 is 38.4 Å². The van der Waals surface area contributed by atoms with Crippen molar-refractivity contribution in [2.24, 2.45) is 33.5 Å². The van der Waals surface area contributed by atoms with Gasteiger partial charge in [-0.3, -0.25) is 9.59 Å². The van der Waals surface area contributed by atoms with Crippen LogP contribution < -0.4 is 9.47 Å². The van der Waals surface area contributed by atoms with E-state index in [1.165, 1.54) is 6.07 Å². The molecule has 0 radical (unpaired) electrons. The maximum absolute atomic E-state index is 15.2. The zero-order valence-electron chi connectivity index (χ0n) is 32.5. The summed E-state index contributed by atoms with van der Waals surface area (Å²) in [6.45, 7) is 5.71. The number of aliphatic hydroxyl groups is 2. The Labute approximate surface area is 329 Å². The Kier molecular flexibility index (Phi) is 9.83. The second-order valence-corrected chi connectivity index (χ2v) is 18.3. The predicted octanol–water partition coefficient (Wildman–Crippen LogP) is 7.45. The SMILES string of the molecule is COc1ccc(CC(=O)N(C[C@H]2CCCO2)C[C@]2(O)CC[C@H]3[C@]45C=C[C@@]6(C=C4C(=O)Cc4c(F)cccc4Cl)CC(O)CC[C@]6(C)[C@H]5CC[C@@]32C)cc1OC. The highest BCUT2D eigenvalue weighted by Gasteiger charge is 2.74. The Bertz CT molecular complexity index is 1910. The second-order valence-electron chi connectivity index (χ2n) is 17.9. The van der Waals surface area contributed by atoms with Crippen LogP contribution in [0.4, 0.5) is 4.39 Å². The standard InChI is InChI=1S/C45H55ClFNO7/c1-41-15-12-29(49)24-43(41)18-19-45(32(25-43)35(50)23-31-33(46)8-5-9-34(31)47)38(41)13-16-42(2)39(45)14-17-44(42,52)27-48(26-30-7-6-20-55-30)40(51)22-28-10-11-36(53-3)37(21-28)54-4/h5,8-11,18-19,21,25,29-30,38-39,49,52H,6-7,12-17,20,22-24,26-27H2,1-4H3/t29?,30-,38-,39-,41-,42+,43+,44-,45-/m1/s1. The molecular formula is C45H55ClFNO7. The summed E-state index contributed by atoms with van der Waals surface area (Å²) >= 11 is 6.50. The summed E-state index contributed by atoms with van der Waals surface area (Å²) in [6, 6.07) is 10.0. The van der Waals surface area contributed by atoms with Crippen LogP contribution in [-0.2, 0) is 27.2 Å². The Morgan fingerprint density at radius 3 is 2.44 bits per heavy atom. The third-order valence-corrected chi connectivity index (χ3v) is 15.8. The summed E-state index contributed by atoms with van der Waals surface area (Å²) in [6.07, 6.45) is 12.6. The number of nitrogens with zero attached hydrogens (tertiary/aromatic N) is 1. The van der Waals surface area contributed by atoms with Gasteiger partial charge >= 0.3 is 0 Å². The molecule has 2 bridgehead atoms. The van der Waals surface area contributed by atoms with Crippen LogP contribution in [0, 0.1) is 39.3 Å². The van der Waals surface area contributed by atoms with E-state index in [4.69, 9.17) is 25.8 Å². The third-order valence-electron chi connectivity index (χ3n) is 15.5. The first-order chi connectivity index (χ1) is 26.2. The molecule has 55 heavy (non-hydrogen) atoms. The molecule has 1 heterocycles. The lowest BCUT2D eigenvalue weighted by atomic mass is 9.32. The van der Waals surface area contributed by atoms with E-state index in [2.05, 4.69) is 32.1 Å². The molecule has 1 amide bonds. The Balaban J connectivity index is 1.15. The minimum absolute atomic E-state index is 0.0904. The summed E-state index contributed by atoms with van der Waals surface area (Å²) in [5.41, 5.74) is -1.65. The Morgan fingerprint density at radius 2 is 1.71 bits per heavy atom. The number of ether oxygens (including phenoxy) is 3. The van der Waals surface area contributed by atoms with E-state index in [-0.39, 0.29) is 65.0 Å². The number of aliphatic hydroxyl groups excluding tert-OH is 1. The largest absolute Gasteiger partial charge is 0.493 e. The van der Waals surface area contributed by atoms with E-state index in [1.54, 1.807) is 32.4 Å². The molecule has 8 nitrogen and oxygen atoms in total. The topological polar surface area (TPSA) is 106 Å². The number of carbonyl (C=O) groups is 2. The summed E-state index contributed by atoms with van der Waals surface area (Å²) in [7, 11) is 3.15. The normalized spacial score (nSPS) is 37.1. The molecule has 1 aliphatic heterocycles. The van der Waals surface area contributed by atoms with Crippen LogP contribution in [0.3, 0.4) is 0 Å². The number of allylic oxidation sites excluding steroid dienone is 4. The summed E-state index contributed by atoms with van der Waals surface area (Å²) < 4.78 is 32.2. The molecule has 296 valence electrons. The number of amides is 1. The fourth-order valence-electron chi connectivity index (χ4n) is 12.5. The molecule has 0 aromatic heterocycles. The highest BCUT2D eigenvalue weighted by molar-refractivity contribution is 6.31.